The molecule has 0 fully saturated rings. The van der Waals surface area contributed by atoms with Gasteiger partial charge in [-0.25, -0.2) is 0 Å². The minimum Gasteiger partial charge on any atom is -0.193 e. The van der Waals surface area contributed by atoms with E-state index in [1.54, 1.807) is 18.2 Å². The summed E-state index contributed by atoms with van der Waals surface area (Å²) in [5.41, 5.74) is 3.35. The van der Waals surface area contributed by atoms with Gasteiger partial charge in [0.1, 0.15) is 0 Å². The number of hydrogen-bond donors (Lipinski definition) is 0. The molecule has 0 aliphatic heterocycles. The lowest BCUT2D eigenvalue weighted by molar-refractivity contribution is 0.826. The Hall–Kier alpha value is -2.81. The Kier molecular flexibility index (Phi) is 6.34. The SMILES string of the molecule is C=C=CC(C=CC#N)(C=CC=C)C=Cc1ccccc1. The second-order valence-corrected chi connectivity index (χ2v) is 4.15. The van der Waals surface area contributed by atoms with Crippen molar-refractivity contribution in [3.63, 3.8) is 0 Å². The van der Waals surface area contributed by atoms with E-state index >= 15 is 0 Å². The highest BCUT2D eigenvalue weighted by atomic mass is 14.2. The van der Waals surface area contributed by atoms with E-state index in [1.807, 2.05) is 60.7 Å². The van der Waals surface area contributed by atoms with Crippen molar-refractivity contribution in [2.45, 2.75) is 0 Å². The van der Waals surface area contributed by atoms with Crippen molar-refractivity contribution in [1.82, 2.24) is 0 Å². The number of nitriles is 1. The van der Waals surface area contributed by atoms with Crippen LogP contribution in [0.2, 0.25) is 0 Å². The third-order valence-corrected chi connectivity index (χ3v) is 2.68. The normalized spacial score (nSPS) is 13.9. The van der Waals surface area contributed by atoms with Gasteiger partial charge in [0, 0.05) is 6.08 Å². The molecule has 1 aromatic rings. The molecule has 0 aromatic heterocycles. The van der Waals surface area contributed by atoms with Crippen LogP contribution >= 0.6 is 0 Å². The summed E-state index contributed by atoms with van der Waals surface area (Å²) in [7, 11) is 0. The van der Waals surface area contributed by atoms with E-state index in [9.17, 15) is 0 Å². The van der Waals surface area contributed by atoms with E-state index in [4.69, 9.17) is 5.26 Å². The van der Waals surface area contributed by atoms with Crippen LogP contribution in [-0.2, 0) is 0 Å². The predicted octanol–water partition coefficient (Wildman–Crippen LogP) is 4.85. The highest BCUT2D eigenvalue weighted by Crippen LogP contribution is 2.26. The van der Waals surface area contributed by atoms with Gasteiger partial charge in [0.05, 0.1) is 11.5 Å². The van der Waals surface area contributed by atoms with Gasteiger partial charge in [0.15, 0.2) is 0 Å². The van der Waals surface area contributed by atoms with Crippen LogP contribution in [0.3, 0.4) is 0 Å². The molecule has 0 saturated heterocycles. The van der Waals surface area contributed by atoms with E-state index in [0.29, 0.717) is 0 Å². The molecule has 1 heteroatoms. The van der Waals surface area contributed by atoms with Crippen molar-refractivity contribution in [2.75, 3.05) is 0 Å². The van der Waals surface area contributed by atoms with Crippen LogP contribution in [0.4, 0.5) is 0 Å². The smallest absolute Gasteiger partial charge is 0.0909 e. The summed E-state index contributed by atoms with van der Waals surface area (Å²) in [6.07, 6.45) is 14.5. The van der Waals surface area contributed by atoms with Crippen molar-refractivity contribution in [2.24, 2.45) is 5.41 Å². The first kappa shape index (κ1) is 15.2. The molecule has 0 radical (unpaired) electrons. The van der Waals surface area contributed by atoms with Gasteiger partial charge in [0.2, 0.25) is 0 Å². The van der Waals surface area contributed by atoms with Crippen molar-refractivity contribution >= 4 is 6.08 Å². The minimum atomic E-state index is -0.526. The molecule has 98 valence electrons. The van der Waals surface area contributed by atoms with Gasteiger partial charge < -0.3 is 0 Å². The van der Waals surface area contributed by atoms with Crippen molar-refractivity contribution in [3.8, 4) is 6.07 Å². The molecule has 0 heterocycles. The van der Waals surface area contributed by atoms with Crippen LogP contribution in [0.15, 0.2) is 91.8 Å². The van der Waals surface area contributed by atoms with Gasteiger partial charge in [-0.3, -0.25) is 0 Å². The highest BCUT2D eigenvalue weighted by Gasteiger charge is 2.15. The maximum absolute atomic E-state index is 8.75. The van der Waals surface area contributed by atoms with E-state index in [0.717, 1.165) is 5.56 Å². The molecule has 0 spiro atoms. The van der Waals surface area contributed by atoms with Gasteiger partial charge in [-0.2, -0.15) is 5.26 Å². The van der Waals surface area contributed by atoms with Crippen molar-refractivity contribution < 1.29 is 0 Å². The summed E-state index contributed by atoms with van der Waals surface area (Å²) >= 11 is 0. The highest BCUT2D eigenvalue weighted by molar-refractivity contribution is 5.53. The molecule has 0 bridgehead atoms. The number of nitrogens with zero attached hydrogens (tertiary/aromatic N) is 1. The molecule has 1 nitrogen and oxygen atoms in total. The zero-order valence-corrected chi connectivity index (χ0v) is 11.4. The number of allylic oxidation sites excluding steroid dienone is 7. The molecular weight excluding hydrogens is 242 g/mol. The monoisotopic (exact) mass is 259 g/mol. The lowest BCUT2D eigenvalue weighted by Crippen LogP contribution is -2.06. The average Bonchev–Trinajstić information content (AvgIpc) is 2.50. The van der Waals surface area contributed by atoms with Crippen molar-refractivity contribution in [1.29, 1.82) is 5.26 Å². The zero-order chi connectivity index (χ0) is 14.7. The Bertz CT molecular complexity index is 605. The van der Waals surface area contributed by atoms with Gasteiger partial charge in [0.25, 0.3) is 0 Å². The molecule has 0 aliphatic carbocycles. The first-order valence-corrected chi connectivity index (χ1v) is 6.25. The molecule has 1 aromatic carbocycles. The molecule has 0 saturated carbocycles. The quantitative estimate of drug-likeness (QED) is 0.407. The molecule has 0 aliphatic rings. The summed E-state index contributed by atoms with van der Waals surface area (Å²) < 4.78 is 0. The zero-order valence-electron chi connectivity index (χ0n) is 11.4. The van der Waals surface area contributed by atoms with E-state index in [2.05, 4.69) is 18.9 Å². The summed E-state index contributed by atoms with van der Waals surface area (Å²) in [5.74, 6) is 0. The van der Waals surface area contributed by atoms with Crippen LogP contribution in [-0.4, -0.2) is 0 Å². The van der Waals surface area contributed by atoms with Crippen LogP contribution in [0.1, 0.15) is 5.56 Å². The van der Waals surface area contributed by atoms with Gasteiger partial charge in [-0.1, -0.05) is 79.9 Å². The largest absolute Gasteiger partial charge is 0.193 e. The van der Waals surface area contributed by atoms with Crippen LogP contribution in [0.5, 0.6) is 0 Å². The summed E-state index contributed by atoms with van der Waals surface area (Å²) in [4.78, 5) is 0. The topological polar surface area (TPSA) is 23.8 Å². The molecular formula is C19H17N. The lowest BCUT2D eigenvalue weighted by atomic mass is 9.85. The minimum absolute atomic E-state index is 0.526. The first-order valence-electron chi connectivity index (χ1n) is 6.25. The third-order valence-electron chi connectivity index (χ3n) is 2.68. The first-order chi connectivity index (χ1) is 9.76. The fourth-order valence-corrected chi connectivity index (χ4v) is 1.71. The number of hydrogen-bond acceptors (Lipinski definition) is 1. The number of rotatable bonds is 6. The Morgan fingerprint density at radius 3 is 2.45 bits per heavy atom. The van der Waals surface area contributed by atoms with E-state index < -0.39 is 5.41 Å². The van der Waals surface area contributed by atoms with Crippen LogP contribution in [0, 0.1) is 16.7 Å². The standard InChI is InChI=1S/C19H17N/c1-3-5-14-19(13-4-2,15-9-17-20)16-12-18-10-7-6-8-11-18/h3,5-16H,1-2H2. The van der Waals surface area contributed by atoms with Gasteiger partial charge in [-0.15, -0.1) is 5.73 Å². The molecule has 20 heavy (non-hydrogen) atoms. The fourth-order valence-electron chi connectivity index (χ4n) is 1.71. The maximum Gasteiger partial charge on any atom is 0.0909 e. The molecule has 1 unspecified atom stereocenters. The maximum atomic E-state index is 8.75. The van der Waals surface area contributed by atoms with Crippen LogP contribution < -0.4 is 0 Å². The van der Waals surface area contributed by atoms with E-state index in [1.165, 1.54) is 6.08 Å². The Balaban J connectivity index is 3.21. The molecule has 0 N–H and O–H groups in total. The lowest BCUT2D eigenvalue weighted by Gasteiger charge is -2.17. The second-order valence-electron chi connectivity index (χ2n) is 4.15. The average molecular weight is 259 g/mol. The van der Waals surface area contributed by atoms with Gasteiger partial charge in [-0.05, 0) is 11.6 Å². The summed E-state index contributed by atoms with van der Waals surface area (Å²) in [6, 6.07) is 12.0. The summed E-state index contributed by atoms with van der Waals surface area (Å²) in [5, 5.41) is 8.75. The third kappa shape index (κ3) is 4.82. The molecule has 1 atom stereocenters. The Labute approximate surface area is 120 Å². The van der Waals surface area contributed by atoms with E-state index in [-0.39, 0.29) is 0 Å². The predicted molar refractivity (Wildman–Crippen MR) is 85.7 cm³/mol. The molecule has 0 amide bonds. The number of benzene rings is 1. The Morgan fingerprint density at radius 1 is 1.10 bits per heavy atom. The Morgan fingerprint density at radius 2 is 1.85 bits per heavy atom. The fraction of sp³-hybridized carbons (Fsp3) is 0.0526. The summed E-state index contributed by atoms with van der Waals surface area (Å²) in [6.45, 7) is 7.30. The van der Waals surface area contributed by atoms with Gasteiger partial charge >= 0.3 is 0 Å². The molecule has 1 rings (SSSR count). The second kappa shape index (κ2) is 8.32. The van der Waals surface area contributed by atoms with Crippen molar-refractivity contribution in [3.05, 3.63) is 97.3 Å². The van der Waals surface area contributed by atoms with Crippen LogP contribution in [0.25, 0.3) is 6.08 Å².